The van der Waals surface area contributed by atoms with Crippen LogP contribution >= 0.6 is 15.9 Å². The highest BCUT2D eigenvalue weighted by Crippen LogP contribution is 2.22. The van der Waals surface area contributed by atoms with Crippen molar-refractivity contribution in [3.8, 4) is 0 Å². The van der Waals surface area contributed by atoms with E-state index in [0.29, 0.717) is 29.9 Å². The third-order valence-electron chi connectivity index (χ3n) is 4.26. The number of halogens is 1. The lowest BCUT2D eigenvalue weighted by Gasteiger charge is -2.37. The summed E-state index contributed by atoms with van der Waals surface area (Å²) in [6.07, 6.45) is 2.24. The van der Waals surface area contributed by atoms with Crippen LogP contribution in [0.4, 0.5) is 0 Å². The van der Waals surface area contributed by atoms with Crippen molar-refractivity contribution in [3.05, 3.63) is 28.7 Å². The van der Waals surface area contributed by atoms with Gasteiger partial charge in [0.15, 0.2) is 9.84 Å². The smallest absolute Gasteiger partial charge is 0.179 e. The summed E-state index contributed by atoms with van der Waals surface area (Å²) in [6, 6.07) is 7.28. The molecule has 1 aliphatic heterocycles. The van der Waals surface area contributed by atoms with E-state index in [1.165, 1.54) is 0 Å². The van der Waals surface area contributed by atoms with E-state index in [1.807, 2.05) is 0 Å². The van der Waals surface area contributed by atoms with Crippen LogP contribution in [0.3, 0.4) is 0 Å². The van der Waals surface area contributed by atoms with Crippen LogP contribution in [0, 0.1) is 5.92 Å². The lowest BCUT2D eigenvalue weighted by Crippen LogP contribution is -2.45. The van der Waals surface area contributed by atoms with Crippen LogP contribution in [0.25, 0.3) is 0 Å². The highest BCUT2D eigenvalue weighted by Gasteiger charge is 2.26. The number of benzene rings is 1. The average molecular weight is 375 g/mol. The third kappa shape index (κ3) is 4.52. The molecule has 1 fully saturated rings. The first-order valence-corrected chi connectivity index (χ1v) is 9.79. The van der Waals surface area contributed by atoms with Gasteiger partial charge < -0.3 is 5.73 Å². The number of likely N-dealkylation sites (tertiary alicyclic amines) is 1. The summed E-state index contributed by atoms with van der Waals surface area (Å²) in [6.45, 7) is 4.34. The average Bonchev–Trinajstić information content (AvgIpc) is 2.47. The van der Waals surface area contributed by atoms with E-state index in [9.17, 15) is 8.42 Å². The van der Waals surface area contributed by atoms with Crippen LogP contribution in [-0.2, 0) is 9.84 Å². The van der Waals surface area contributed by atoms with Crippen LogP contribution in [0.15, 0.2) is 33.6 Å². The van der Waals surface area contributed by atoms with E-state index in [-0.39, 0.29) is 5.75 Å². The zero-order chi connectivity index (χ0) is 15.5. The zero-order valence-electron chi connectivity index (χ0n) is 12.3. The van der Waals surface area contributed by atoms with Crippen molar-refractivity contribution in [2.75, 3.05) is 25.4 Å². The van der Waals surface area contributed by atoms with E-state index in [1.54, 1.807) is 24.3 Å². The van der Waals surface area contributed by atoms with Gasteiger partial charge in [-0.1, -0.05) is 15.9 Å². The molecule has 2 atom stereocenters. The molecule has 1 aromatic rings. The molecular weight excluding hydrogens is 352 g/mol. The predicted molar refractivity (Wildman–Crippen MR) is 89.0 cm³/mol. The minimum absolute atomic E-state index is 0.163. The van der Waals surface area contributed by atoms with Crippen molar-refractivity contribution < 1.29 is 8.42 Å². The van der Waals surface area contributed by atoms with Gasteiger partial charge in [-0.15, -0.1) is 0 Å². The summed E-state index contributed by atoms with van der Waals surface area (Å²) in [4.78, 5) is 2.66. The SMILES string of the molecule is CC1CCC(CN)CN1CCS(=O)(=O)c1ccc(Br)cc1. The monoisotopic (exact) mass is 374 g/mol. The lowest BCUT2D eigenvalue weighted by molar-refractivity contribution is 0.128. The molecule has 0 amide bonds. The van der Waals surface area contributed by atoms with Crippen molar-refractivity contribution in [2.45, 2.75) is 30.7 Å². The second-order valence-electron chi connectivity index (χ2n) is 5.80. The second-order valence-corrected chi connectivity index (χ2v) is 8.82. The highest BCUT2D eigenvalue weighted by molar-refractivity contribution is 9.10. The van der Waals surface area contributed by atoms with E-state index < -0.39 is 9.84 Å². The topological polar surface area (TPSA) is 63.4 Å². The van der Waals surface area contributed by atoms with Gasteiger partial charge in [-0.25, -0.2) is 8.42 Å². The number of rotatable bonds is 5. The van der Waals surface area contributed by atoms with E-state index >= 15 is 0 Å². The molecule has 0 aliphatic carbocycles. The first-order valence-electron chi connectivity index (χ1n) is 7.35. The van der Waals surface area contributed by atoms with Crippen molar-refractivity contribution in [1.82, 2.24) is 4.90 Å². The maximum atomic E-state index is 12.4. The van der Waals surface area contributed by atoms with Gasteiger partial charge in [-0.2, -0.15) is 0 Å². The Labute approximate surface area is 135 Å². The Bertz CT molecular complexity index is 560. The van der Waals surface area contributed by atoms with E-state index in [4.69, 9.17) is 5.73 Å². The zero-order valence-corrected chi connectivity index (χ0v) is 14.7. The molecule has 0 bridgehead atoms. The largest absolute Gasteiger partial charge is 0.330 e. The summed E-state index contributed by atoms with van der Waals surface area (Å²) in [5, 5.41) is 0. The molecule has 1 heterocycles. The quantitative estimate of drug-likeness (QED) is 0.858. The van der Waals surface area contributed by atoms with Gasteiger partial charge in [-0.3, -0.25) is 4.90 Å². The molecule has 0 aromatic heterocycles. The molecule has 0 radical (unpaired) electrons. The maximum absolute atomic E-state index is 12.4. The van der Waals surface area contributed by atoms with Gasteiger partial charge in [0.1, 0.15) is 0 Å². The fourth-order valence-corrected chi connectivity index (χ4v) is 4.29. The predicted octanol–water partition coefficient (Wildman–Crippen LogP) is 2.28. The van der Waals surface area contributed by atoms with Crippen molar-refractivity contribution >= 4 is 25.8 Å². The molecule has 6 heteroatoms. The highest BCUT2D eigenvalue weighted by atomic mass is 79.9. The second kappa shape index (κ2) is 7.22. The summed E-state index contributed by atoms with van der Waals surface area (Å²) in [7, 11) is -3.22. The first kappa shape index (κ1) is 16.9. The Morgan fingerprint density at radius 2 is 1.95 bits per heavy atom. The van der Waals surface area contributed by atoms with Crippen LogP contribution in [0.2, 0.25) is 0 Å². The molecule has 0 saturated carbocycles. The molecule has 2 rings (SSSR count). The summed E-state index contributed by atoms with van der Waals surface area (Å²) in [5.74, 6) is 0.660. The summed E-state index contributed by atoms with van der Waals surface area (Å²) >= 11 is 3.32. The Morgan fingerprint density at radius 1 is 1.29 bits per heavy atom. The maximum Gasteiger partial charge on any atom is 0.179 e. The van der Waals surface area contributed by atoms with Crippen LogP contribution in [0.1, 0.15) is 19.8 Å². The third-order valence-corrected chi connectivity index (χ3v) is 6.50. The summed E-state index contributed by atoms with van der Waals surface area (Å²) in [5.41, 5.74) is 5.75. The number of nitrogens with two attached hydrogens (primary N) is 1. The molecule has 21 heavy (non-hydrogen) atoms. The van der Waals surface area contributed by atoms with Crippen molar-refractivity contribution in [2.24, 2.45) is 11.7 Å². The molecule has 4 nitrogen and oxygen atoms in total. The molecular formula is C15H23BrN2O2S. The number of hydrogen-bond acceptors (Lipinski definition) is 4. The van der Waals surface area contributed by atoms with Crippen molar-refractivity contribution in [1.29, 1.82) is 0 Å². The normalized spacial score (nSPS) is 24.1. The number of hydrogen-bond donors (Lipinski definition) is 1. The van der Waals surface area contributed by atoms with E-state index in [0.717, 1.165) is 23.9 Å². The standard InChI is InChI=1S/C15H23BrN2O2S/c1-12-2-3-13(10-17)11-18(12)8-9-21(19,20)15-6-4-14(16)5-7-15/h4-7,12-13H,2-3,8-11,17H2,1H3. The molecule has 0 spiro atoms. The lowest BCUT2D eigenvalue weighted by atomic mass is 9.94. The van der Waals surface area contributed by atoms with Crippen LogP contribution in [-0.4, -0.2) is 44.7 Å². The minimum atomic E-state index is -3.22. The molecule has 1 aliphatic rings. The van der Waals surface area contributed by atoms with Gasteiger partial charge in [0, 0.05) is 23.6 Å². The minimum Gasteiger partial charge on any atom is -0.330 e. The molecule has 1 aromatic carbocycles. The molecule has 1 saturated heterocycles. The van der Waals surface area contributed by atoms with Gasteiger partial charge in [0.05, 0.1) is 10.6 Å². The summed E-state index contributed by atoms with van der Waals surface area (Å²) < 4.78 is 25.6. The molecule has 118 valence electrons. The van der Waals surface area contributed by atoms with Gasteiger partial charge in [-0.05, 0) is 56.5 Å². The van der Waals surface area contributed by atoms with Gasteiger partial charge >= 0.3 is 0 Å². The Balaban J connectivity index is 1.99. The van der Waals surface area contributed by atoms with Crippen LogP contribution in [0.5, 0.6) is 0 Å². The number of nitrogens with zero attached hydrogens (tertiary/aromatic N) is 1. The van der Waals surface area contributed by atoms with Gasteiger partial charge in [0.2, 0.25) is 0 Å². The van der Waals surface area contributed by atoms with E-state index in [2.05, 4.69) is 27.8 Å². The Kier molecular flexibility index (Phi) is 5.82. The molecule has 2 N–H and O–H groups in total. The Hall–Kier alpha value is -0.430. The van der Waals surface area contributed by atoms with Crippen molar-refractivity contribution in [3.63, 3.8) is 0 Å². The molecule has 2 unspecified atom stereocenters. The van der Waals surface area contributed by atoms with Gasteiger partial charge in [0.25, 0.3) is 0 Å². The fraction of sp³-hybridized carbons (Fsp3) is 0.600. The first-order chi connectivity index (χ1) is 9.92. The van der Waals surface area contributed by atoms with Crippen LogP contribution < -0.4 is 5.73 Å². The number of sulfone groups is 1. The Morgan fingerprint density at radius 3 is 2.57 bits per heavy atom. The number of piperidine rings is 1. The fourth-order valence-electron chi connectivity index (χ4n) is 2.76.